The third-order valence-electron chi connectivity index (χ3n) is 4.94. The molecule has 1 aromatic carbocycles. The second kappa shape index (κ2) is 9.97. The highest BCUT2D eigenvalue weighted by atomic mass is 16.3. The van der Waals surface area contributed by atoms with Crippen molar-refractivity contribution in [2.24, 2.45) is 5.92 Å². The molecule has 1 N–H and O–H groups in total. The quantitative estimate of drug-likeness (QED) is 0.809. The fourth-order valence-electron chi connectivity index (χ4n) is 3.45. The Morgan fingerprint density at radius 2 is 2.15 bits per heavy atom. The first-order valence-electron chi connectivity index (χ1n) is 9.66. The number of carbonyl (C=O) groups is 1. The van der Waals surface area contributed by atoms with Crippen molar-refractivity contribution in [1.29, 1.82) is 0 Å². The highest BCUT2D eigenvalue weighted by Gasteiger charge is 2.21. The van der Waals surface area contributed by atoms with Gasteiger partial charge in [0.1, 0.15) is 5.76 Å². The number of hydrogen-bond acceptors (Lipinski definition) is 3. The van der Waals surface area contributed by atoms with Crippen molar-refractivity contribution in [2.45, 2.75) is 19.4 Å². The molecule has 144 valence electrons. The third-order valence-corrected chi connectivity index (χ3v) is 4.94. The van der Waals surface area contributed by atoms with Crippen LogP contribution in [0.25, 0.3) is 6.08 Å². The number of urea groups is 1. The molecule has 5 nitrogen and oxygen atoms in total. The monoisotopic (exact) mass is 367 g/mol. The van der Waals surface area contributed by atoms with Gasteiger partial charge in [-0.15, -0.1) is 0 Å². The average molecular weight is 367 g/mol. The summed E-state index contributed by atoms with van der Waals surface area (Å²) in [6.07, 6.45) is 8.10. The van der Waals surface area contributed by atoms with Gasteiger partial charge in [-0.3, -0.25) is 4.90 Å². The van der Waals surface area contributed by atoms with E-state index in [0.29, 0.717) is 12.5 Å². The summed E-state index contributed by atoms with van der Waals surface area (Å²) in [6, 6.07) is 14.0. The van der Waals surface area contributed by atoms with Crippen molar-refractivity contribution in [3.8, 4) is 0 Å². The van der Waals surface area contributed by atoms with Crippen molar-refractivity contribution in [3.05, 3.63) is 66.1 Å². The second-order valence-electron chi connectivity index (χ2n) is 7.20. The van der Waals surface area contributed by atoms with Gasteiger partial charge in [-0.1, -0.05) is 42.5 Å². The number of furan rings is 1. The van der Waals surface area contributed by atoms with E-state index in [4.69, 9.17) is 4.42 Å². The van der Waals surface area contributed by atoms with Crippen LogP contribution in [0.1, 0.15) is 24.2 Å². The number of amides is 2. The Bertz CT molecular complexity index is 712. The minimum atomic E-state index is -0.0177. The molecule has 0 bridgehead atoms. The van der Waals surface area contributed by atoms with Crippen molar-refractivity contribution < 1.29 is 9.21 Å². The smallest absolute Gasteiger partial charge is 0.317 e. The summed E-state index contributed by atoms with van der Waals surface area (Å²) in [4.78, 5) is 16.4. The average Bonchev–Trinajstić information content (AvgIpc) is 3.20. The molecule has 1 atom stereocenters. The van der Waals surface area contributed by atoms with E-state index < -0.39 is 0 Å². The Hall–Kier alpha value is -2.53. The fourth-order valence-corrected chi connectivity index (χ4v) is 3.45. The van der Waals surface area contributed by atoms with Crippen LogP contribution in [0.3, 0.4) is 0 Å². The predicted molar refractivity (Wildman–Crippen MR) is 108 cm³/mol. The molecule has 5 heteroatoms. The molecule has 0 spiro atoms. The summed E-state index contributed by atoms with van der Waals surface area (Å²) in [6.45, 7) is 4.26. The molecular weight excluding hydrogens is 338 g/mol. The van der Waals surface area contributed by atoms with Crippen molar-refractivity contribution in [1.82, 2.24) is 15.1 Å². The van der Waals surface area contributed by atoms with Crippen molar-refractivity contribution in [2.75, 3.05) is 33.2 Å². The maximum Gasteiger partial charge on any atom is 0.317 e. The predicted octanol–water partition coefficient (Wildman–Crippen LogP) is 3.85. The Morgan fingerprint density at radius 3 is 2.93 bits per heavy atom. The van der Waals surface area contributed by atoms with Crippen LogP contribution in [0.2, 0.25) is 0 Å². The number of carbonyl (C=O) groups excluding carboxylic acids is 1. The Morgan fingerprint density at radius 1 is 1.30 bits per heavy atom. The van der Waals surface area contributed by atoms with Gasteiger partial charge in [-0.25, -0.2) is 4.79 Å². The number of benzene rings is 1. The van der Waals surface area contributed by atoms with Gasteiger partial charge in [-0.2, -0.15) is 0 Å². The molecule has 1 fully saturated rings. The van der Waals surface area contributed by atoms with Crippen LogP contribution in [0.15, 0.2) is 59.2 Å². The Balaban J connectivity index is 1.38. The van der Waals surface area contributed by atoms with E-state index in [1.54, 1.807) is 11.2 Å². The number of hydrogen-bond donors (Lipinski definition) is 1. The SMILES string of the molecule is CN(C/C=C/c1ccccc1)C(=O)NC[C@H]1CCCN(Cc2ccco2)C1. The van der Waals surface area contributed by atoms with Gasteiger partial charge in [0.2, 0.25) is 0 Å². The van der Waals surface area contributed by atoms with Crippen LogP contribution in [0.5, 0.6) is 0 Å². The molecule has 1 aliphatic heterocycles. The summed E-state index contributed by atoms with van der Waals surface area (Å²) in [5.74, 6) is 1.50. The lowest BCUT2D eigenvalue weighted by atomic mass is 9.98. The number of likely N-dealkylation sites (N-methyl/N-ethyl adjacent to an activating group) is 1. The number of piperidine rings is 1. The molecule has 2 amide bonds. The van der Waals surface area contributed by atoms with E-state index in [1.165, 1.54) is 0 Å². The van der Waals surface area contributed by atoms with Crippen LogP contribution in [0, 0.1) is 5.92 Å². The van der Waals surface area contributed by atoms with Crippen LogP contribution in [-0.2, 0) is 6.54 Å². The van der Waals surface area contributed by atoms with Crippen LogP contribution >= 0.6 is 0 Å². The molecule has 27 heavy (non-hydrogen) atoms. The zero-order chi connectivity index (χ0) is 18.9. The van der Waals surface area contributed by atoms with Crippen LogP contribution < -0.4 is 5.32 Å². The maximum absolute atomic E-state index is 12.3. The molecule has 0 radical (unpaired) electrons. The number of rotatable bonds is 7. The summed E-state index contributed by atoms with van der Waals surface area (Å²) in [5.41, 5.74) is 1.14. The van der Waals surface area contributed by atoms with Gasteiger partial charge in [-0.05, 0) is 43.0 Å². The topological polar surface area (TPSA) is 48.7 Å². The van der Waals surface area contributed by atoms with E-state index >= 15 is 0 Å². The van der Waals surface area contributed by atoms with Crippen LogP contribution in [-0.4, -0.2) is 49.1 Å². The first-order valence-corrected chi connectivity index (χ1v) is 9.66. The Labute approximate surface area is 161 Å². The lowest BCUT2D eigenvalue weighted by Crippen LogP contribution is -2.44. The molecule has 1 saturated heterocycles. The lowest BCUT2D eigenvalue weighted by molar-refractivity contribution is 0.153. The lowest BCUT2D eigenvalue weighted by Gasteiger charge is -2.32. The van der Waals surface area contributed by atoms with E-state index in [0.717, 1.165) is 50.3 Å². The van der Waals surface area contributed by atoms with E-state index in [2.05, 4.69) is 10.2 Å². The first-order chi connectivity index (χ1) is 13.2. The summed E-state index contributed by atoms with van der Waals surface area (Å²) < 4.78 is 5.45. The summed E-state index contributed by atoms with van der Waals surface area (Å²) in [5, 5.41) is 3.08. The highest BCUT2D eigenvalue weighted by Crippen LogP contribution is 2.18. The fraction of sp³-hybridized carbons (Fsp3) is 0.409. The van der Waals surface area contributed by atoms with Gasteiger partial charge >= 0.3 is 6.03 Å². The molecule has 1 aromatic heterocycles. The van der Waals surface area contributed by atoms with Crippen molar-refractivity contribution >= 4 is 12.1 Å². The first kappa shape index (κ1) is 19.2. The maximum atomic E-state index is 12.3. The molecular formula is C22H29N3O2. The van der Waals surface area contributed by atoms with Gasteiger partial charge in [0, 0.05) is 26.7 Å². The van der Waals surface area contributed by atoms with E-state index in [9.17, 15) is 4.79 Å². The molecule has 0 aliphatic carbocycles. The zero-order valence-electron chi connectivity index (χ0n) is 16.0. The minimum absolute atomic E-state index is 0.0177. The normalized spacial score (nSPS) is 17.9. The number of nitrogens with one attached hydrogen (secondary N) is 1. The molecule has 2 aromatic rings. The second-order valence-corrected chi connectivity index (χ2v) is 7.20. The largest absolute Gasteiger partial charge is 0.468 e. The van der Waals surface area contributed by atoms with Gasteiger partial charge in [0.15, 0.2) is 0 Å². The standard InChI is InChI=1S/C22H29N3O2/c1-24(13-5-10-19-8-3-2-4-9-19)22(26)23-16-20-11-6-14-25(17-20)18-21-12-7-15-27-21/h2-5,7-10,12,15,20H,6,11,13-14,16-18H2,1H3,(H,23,26)/b10-5+/t20-/m1/s1. The minimum Gasteiger partial charge on any atom is -0.468 e. The van der Waals surface area contributed by atoms with Gasteiger partial charge in [0.25, 0.3) is 0 Å². The van der Waals surface area contributed by atoms with E-state index in [-0.39, 0.29) is 6.03 Å². The number of likely N-dealkylation sites (tertiary alicyclic amines) is 1. The molecule has 1 aliphatic rings. The van der Waals surface area contributed by atoms with Crippen LogP contribution in [0.4, 0.5) is 4.79 Å². The summed E-state index contributed by atoms with van der Waals surface area (Å²) >= 11 is 0. The molecule has 3 rings (SSSR count). The zero-order valence-corrected chi connectivity index (χ0v) is 16.0. The van der Waals surface area contributed by atoms with Gasteiger partial charge in [0.05, 0.1) is 12.8 Å². The molecule has 0 unspecified atom stereocenters. The molecule has 2 heterocycles. The Kier molecular flexibility index (Phi) is 7.11. The number of nitrogens with zero attached hydrogens (tertiary/aromatic N) is 2. The van der Waals surface area contributed by atoms with E-state index in [1.807, 2.05) is 61.7 Å². The summed E-state index contributed by atoms with van der Waals surface area (Å²) in [7, 11) is 1.83. The third kappa shape index (κ3) is 6.29. The van der Waals surface area contributed by atoms with Crippen molar-refractivity contribution in [3.63, 3.8) is 0 Å². The molecule has 0 saturated carbocycles. The van der Waals surface area contributed by atoms with Gasteiger partial charge < -0.3 is 14.6 Å². The highest BCUT2D eigenvalue weighted by molar-refractivity contribution is 5.74.